The van der Waals surface area contributed by atoms with Crippen LogP contribution in [0, 0.1) is 18.3 Å². The number of furan rings is 1. The fraction of sp³-hybridized carbons (Fsp3) is 0.375. The summed E-state index contributed by atoms with van der Waals surface area (Å²) in [6.45, 7) is 1.91. The molecule has 0 amide bonds. The van der Waals surface area contributed by atoms with Crippen LogP contribution < -0.4 is 5.73 Å². The summed E-state index contributed by atoms with van der Waals surface area (Å²) in [6, 6.07) is 3.56. The van der Waals surface area contributed by atoms with Gasteiger partial charge in [-0.3, -0.25) is 0 Å². The van der Waals surface area contributed by atoms with Crippen LogP contribution in [0.15, 0.2) is 16.7 Å². The van der Waals surface area contributed by atoms with Crippen molar-refractivity contribution in [3.8, 4) is 6.07 Å². The summed E-state index contributed by atoms with van der Waals surface area (Å²) in [6.07, 6.45) is 1.89. The van der Waals surface area contributed by atoms with E-state index in [0.29, 0.717) is 12.2 Å². The third-order valence-corrected chi connectivity index (χ3v) is 1.55. The Bertz CT molecular complexity index is 272. The molecule has 1 aromatic rings. The Labute approximate surface area is 65.4 Å². The van der Waals surface area contributed by atoms with Crippen molar-refractivity contribution in [1.29, 1.82) is 5.26 Å². The Kier molecular flexibility index (Phi) is 2.29. The standard InChI is InChI=1S/C8H10N2O/c1-6-3-5-11-8(6)7(10)2-4-9/h3,5,7H,2,10H2,1H3/t7-/m0/s1. The summed E-state index contributed by atoms with van der Waals surface area (Å²) in [4.78, 5) is 0. The lowest BCUT2D eigenvalue weighted by molar-refractivity contribution is 0.466. The van der Waals surface area contributed by atoms with Gasteiger partial charge in [-0.15, -0.1) is 0 Å². The van der Waals surface area contributed by atoms with Gasteiger partial charge in [0.1, 0.15) is 5.76 Å². The lowest BCUT2D eigenvalue weighted by Crippen LogP contribution is -2.09. The Morgan fingerprint density at radius 2 is 2.55 bits per heavy atom. The van der Waals surface area contributed by atoms with Crippen LogP contribution in [0.4, 0.5) is 0 Å². The van der Waals surface area contributed by atoms with E-state index in [9.17, 15) is 0 Å². The van der Waals surface area contributed by atoms with Crippen LogP contribution in [0.2, 0.25) is 0 Å². The Hall–Kier alpha value is -1.27. The van der Waals surface area contributed by atoms with Crippen LogP contribution in [-0.2, 0) is 0 Å². The Morgan fingerprint density at radius 1 is 1.82 bits per heavy atom. The lowest BCUT2D eigenvalue weighted by atomic mass is 10.1. The van der Waals surface area contributed by atoms with E-state index in [1.54, 1.807) is 6.26 Å². The lowest BCUT2D eigenvalue weighted by Gasteiger charge is -2.03. The molecule has 0 aliphatic heterocycles. The number of nitrogens with two attached hydrogens (primary N) is 1. The van der Waals surface area contributed by atoms with Gasteiger partial charge in [-0.25, -0.2) is 0 Å². The topological polar surface area (TPSA) is 62.9 Å². The number of rotatable bonds is 2. The van der Waals surface area contributed by atoms with E-state index in [1.807, 2.05) is 19.1 Å². The van der Waals surface area contributed by atoms with Crippen LogP contribution in [0.25, 0.3) is 0 Å². The zero-order valence-electron chi connectivity index (χ0n) is 6.37. The van der Waals surface area contributed by atoms with Crippen LogP contribution in [0.3, 0.4) is 0 Å². The highest BCUT2D eigenvalue weighted by atomic mass is 16.3. The van der Waals surface area contributed by atoms with Crippen molar-refractivity contribution in [3.05, 3.63) is 23.7 Å². The average molecular weight is 150 g/mol. The second-order valence-electron chi connectivity index (χ2n) is 2.44. The van der Waals surface area contributed by atoms with E-state index in [-0.39, 0.29) is 6.04 Å². The molecule has 11 heavy (non-hydrogen) atoms. The molecule has 3 nitrogen and oxygen atoms in total. The van der Waals surface area contributed by atoms with Crippen molar-refractivity contribution in [2.45, 2.75) is 19.4 Å². The van der Waals surface area contributed by atoms with Gasteiger partial charge >= 0.3 is 0 Å². The monoisotopic (exact) mass is 150 g/mol. The van der Waals surface area contributed by atoms with Gasteiger partial charge in [0, 0.05) is 0 Å². The highest BCUT2D eigenvalue weighted by molar-refractivity contribution is 5.18. The van der Waals surface area contributed by atoms with Crippen molar-refractivity contribution in [1.82, 2.24) is 0 Å². The molecule has 0 radical (unpaired) electrons. The third-order valence-electron chi connectivity index (χ3n) is 1.55. The van der Waals surface area contributed by atoms with E-state index in [0.717, 1.165) is 5.56 Å². The molecule has 0 aliphatic carbocycles. The predicted octanol–water partition coefficient (Wildman–Crippen LogP) is 1.50. The summed E-state index contributed by atoms with van der Waals surface area (Å²) in [7, 11) is 0. The molecule has 0 unspecified atom stereocenters. The van der Waals surface area contributed by atoms with Gasteiger partial charge < -0.3 is 10.2 Å². The maximum atomic E-state index is 8.35. The molecule has 1 atom stereocenters. The van der Waals surface area contributed by atoms with Crippen molar-refractivity contribution < 1.29 is 4.42 Å². The van der Waals surface area contributed by atoms with Gasteiger partial charge in [-0.1, -0.05) is 0 Å². The molecule has 2 N–H and O–H groups in total. The van der Waals surface area contributed by atoms with E-state index < -0.39 is 0 Å². The minimum atomic E-state index is -0.282. The maximum Gasteiger partial charge on any atom is 0.124 e. The van der Waals surface area contributed by atoms with Gasteiger partial charge in [-0.05, 0) is 18.6 Å². The molecule has 58 valence electrons. The van der Waals surface area contributed by atoms with Crippen LogP contribution in [-0.4, -0.2) is 0 Å². The van der Waals surface area contributed by atoms with Gasteiger partial charge in [0.2, 0.25) is 0 Å². The first-order valence-corrected chi connectivity index (χ1v) is 3.42. The SMILES string of the molecule is Cc1ccoc1[C@@H](N)CC#N. The van der Waals surface area contributed by atoms with Crippen LogP contribution in [0.1, 0.15) is 23.8 Å². The highest BCUT2D eigenvalue weighted by Gasteiger charge is 2.10. The molecule has 0 fully saturated rings. The summed E-state index contributed by atoms with van der Waals surface area (Å²) in [5, 5.41) is 8.35. The van der Waals surface area contributed by atoms with Gasteiger partial charge in [0.15, 0.2) is 0 Å². The first-order valence-electron chi connectivity index (χ1n) is 3.42. The molecular formula is C8H10N2O. The zero-order valence-corrected chi connectivity index (χ0v) is 6.37. The molecule has 0 saturated heterocycles. The summed E-state index contributed by atoms with van der Waals surface area (Å²) in [5.74, 6) is 0.714. The summed E-state index contributed by atoms with van der Waals surface area (Å²) in [5.41, 5.74) is 6.64. The molecule has 0 spiro atoms. The minimum absolute atomic E-state index is 0.282. The molecule has 3 heteroatoms. The first-order chi connectivity index (χ1) is 5.25. The molecule has 1 heterocycles. The highest BCUT2D eigenvalue weighted by Crippen LogP contribution is 2.18. The molecular weight excluding hydrogens is 140 g/mol. The molecule has 1 rings (SSSR count). The van der Waals surface area contributed by atoms with E-state index >= 15 is 0 Å². The third kappa shape index (κ3) is 1.60. The number of hydrogen-bond donors (Lipinski definition) is 1. The molecule has 1 aromatic heterocycles. The second kappa shape index (κ2) is 3.22. The fourth-order valence-electron chi connectivity index (χ4n) is 0.955. The Morgan fingerprint density at radius 3 is 3.00 bits per heavy atom. The van der Waals surface area contributed by atoms with E-state index in [4.69, 9.17) is 15.4 Å². The van der Waals surface area contributed by atoms with Crippen molar-refractivity contribution in [3.63, 3.8) is 0 Å². The van der Waals surface area contributed by atoms with Crippen LogP contribution in [0.5, 0.6) is 0 Å². The second-order valence-corrected chi connectivity index (χ2v) is 2.44. The van der Waals surface area contributed by atoms with Gasteiger partial charge in [0.25, 0.3) is 0 Å². The molecule has 0 bridgehead atoms. The van der Waals surface area contributed by atoms with Crippen molar-refractivity contribution in [2.24, 2.45) is 5.73 Å². The first kappa shape index (κ1) is 7.83. The smallest absolute Gasteiger partial charge is 0.124 e. The van der Waals surface area contributed by atoms with Gasteiger partial charge in [-0.2, -0.15) is 5.26 Å². The molecule has 0 saturated carbocycles. The zero-order chi connectivity index (χ0) is 8.27. The van der Waals surface area contributed by atoms with Crippen LogP contribution >= 0.6 is 0 Å². The number of hydrogen-bond acceptors (Lipinski definition) is 3. The number of nitrogens with zero attached hydrogens (tertiary/aromatic N) is 1. The largest absolute Gasteiger partial charge is 0.467 e. The van der Waals surface area contributed by atoms with Crippen molar-refractivity contribution in [2.75, 3.05) is 0 Å². The van der Waals surface area contributed by atoms with Crippen molar-refractivity contribution >= 4 is 0 Å². The summed E-state index contributed by atoms with van der Waals surface area (Å²) >= 11 is 0. The average Bonchev–Trinajstić information content (AvgIpc) is 2.36. The molecule has 0 aromatic carbocycles. The normalized spacial score (nSPS) is 12.5. The quantitative estimate of drug-likeness (QED) is 0.694. The van der Waals surface area contributed by atoms with E-state index in [1.165, 1.54) is 0 Å². The minimum Gasteiger partial charge on any atom is -0.467 e. The fourth-order valence-corrected chi connectivity index (χ4v) is 0.955. The van der Waals surface area contributed by atoms with Gasteiger partial charge in [0.05, 0.1) is 24.8 Å². The predicted molar refractivity (Wildman–Crippen MR) is 40.6 cm³/mol. The number of nitriles is 1. The number of aryl methyl sites for hydroxylation is 1. The van der Waals surface area contributed by atoms with E-state index in [2.05, 4.69) is 0 Å². The Balaban J connectivity index is 2.77. The molecule has 0 aliphatic rings. The summed E-state index contributed by atoms with van der Waals surface area (Å²) < 4.78 is 5.10. The maximum absolute atomic E-state index is 8.35.